The molecule has 1 aliphatic rings. The van der Waals surface area contributed by atoms with Gasteiger partial charge in [-0.3, -0.25) is 0 Å². The molecule has 134 valence electrons. The van der Waals surface area contributed by atoms with Crippen LogP contribution in [0.5, 0.6) is 0 Å². The molecule has 0 unspecified atom stereocenters. The molecular formula is C19H26N3O2S+. The van der Waals surface area contributed by atoms with E-state index >= 15 is 0 Å². The first kappa shape index (κ1) is 17.9. The first-order valence-electron chi connectivity index (χ1n) is 8.73. The Labute approximate surface area is 153 Å². The molecule has 1 aliphatic heterocycles. The smallest absolute Gasteiger partial charge is 0.319 e. The van der Waals surface area contributed by atoms with Crippen LogP contribution in [0.2, 0.25) is 0 Å². The SMILES string of the molecule is Cc1cccc(NC(=O)N[C@H](C)[C@H](c2cccs2)[NH+]2CCOCC2)c1. The number of carbonyl (C=O) groups is 1. The highest BCUT2D eigenvalue weighted by molar-refractivity contribution is 7.10. The number of hydrogen-bond acceptors (Lipinski definition) is 3. The zero-order valence-corrected chi connectivity index (χ0v) is 15.6. The summed E-state index contributed by atoms with van der Waals surface area (Å²) in [6.07, 6.45) is 0. The maximum Gasteiger partial charge on any atom is 0.319 e. The van der Waals surface area contributed by atoms with Crippen molar-refractivity contribution in [2.24, 2.45) is 0 Å². The van der Waals surface area contributed by atoms with Crippen LogP contribution in [-0.2, 0) is 4.74 Å². The zero-order valence-electron chi connectivity index (χ0n) is 14.7. The highest BCUT2D eigenvalue weighted by Crippen LogP contribution is 2.20. The standard InChI is InChI=1S/C19H25N3O2S/c1-14-5-3-6-16(13-14)21-19(23)20-15(2)18(17-7-4-12-25-17)22-8-10-24-11-9-22/h3-7,12-13,15,18H,8-11H2,1-2H3,(H2,20,21,23)/p+1/t15-,18-/m1/s1. The molecule has 0 aliphatic carbocycles. The average molecular weight is 361 g/mol. The number of anilines is 1. The van der Waals surface area contributed by atoms with E-state index in [1.807, 2.05) is 31.2 Å². The minimum atomic E-state index is -0.160. The van der Waals surface area contributed by atoms with Gasteiger partial charge in [-0.05, 0) is 43.0 Å². The normalized spacial score (nSPS) is 17.7. The first-order valence-corrected chi connectivity index (χ1v) is 9.61. The summed E-state index contributed by atoms with van der Waals surface area (Å²) in [5, 5.41) is 8.16. The molecule has 0 bridgehead atoms. The minimum Gasteiger partial charge on any atom is -0.370 e. The molecule has 1 saturated heterocycles. The fourth-order valence-corrected chi connectivity index (χ4v) is 4.38. The summed E-state index contributed by atoms with van der Waals surface area (Å²) < 4.78 is 5.50. The lowest BCUT2D eigenvalue weighted by Crippen LogP contribution is -3.15. The summed E-state index contributed by atoms with van der Waals surface area (Å²) >= 11 is 1.75. The van der Waals surface area contributed by atoms with Crippen molar-refractivity contribution in [3.8, 4) is 0 Å². The molecule has 3 N–H and O–H groups in total. The number of amides is 2. The van der Waals surface area contributed by atoms with Gasteiger partial charge in [-0.15, -0.1) is 11.3 Å². The predicted molar refractivity (Wildman–Crippen MR) is 101 cm³/mol. The molecule has 2 atom stereocenters. The number of carbonyl (C=O) groups excluding carboxylic acids is 1. The molecule has 2 amide bonds. The molecule has 1 aromatic carbocycles. The van der Waals surface area contributed by atoms with Crippen molar-refractivity contribution in [2.45, 2.75) is 25.9 Å². The number of benzene rings is 1. The lowest BCUT2D eigenvalue weighted by atomic mass is 10.1. The van der Waals surface area contributed by atoms with E-state index in [4.69, 9.17) is 4.74 Å². The van der Waals surface area contributed by atoms with Gasteiger partial charge >= 0.3 is 6.03 Å². The van der Waals surface area contributed by atoms with Gasteiger partial charge in [0, 0.05) is 5.69 Å². The van der Waals surface area contributed by atoms with Crippen LogP contribution in [0.4, 0.5) is 10.5 Å². The number of quaternary nitrogens is 1. The van der Waals surface area contributed by atoms with Crippen molar-refractivity contribution in [1.29, 1.82) is 0 Å². The van der Waals surface area contributed by atoms with Gasteiger partial charge in [0.05, 0.1) is 24.1 Å². The zero-order chi connectivity index (χ0) is 17.6. The van der Waals surface area contributed by atoms with E-state index in [2.05, 4.69) is 35.1 Å². The van der Waals surface area contributed by atoms with Gasteiger partial charge < -0.3 is 20.3 Å². The van der Waals surface area contributed by atoms with Crippen LogP contribution >= 0.6 is 11.3 Å². The molecular weight excluding hydrogens is 334 g/mol. The quantitative estimate of drug-likeness (QED) is 0.766. The Morgan fingerprint density at radius 2 is 2.04 bits per heavy atom. The van der Waals surface area contributed by atoms with Gasteiger partial charge in [-0.2, -0.15) is 0 Å². The molecule has 0 spiro atoms. The molecule has 1 fully saturated rings. The van der Waals surface area contributed by atoms with Crippen LogP contribution in [0, 0.1) is 6.92 Å². The van der Waals surface area contributed by atoms with Gasteiger partial charge in [-0.1, -0.05) is 18.2 Å². The summed E-state index contributed by atoms with van der Waals surface area (Å²) in [6, 6.07) is 12.2. The summed E-state index contributed by atoms with van der Waals surface area (Å²) in [4.78, 5) is 15.2. The lowest BCUT2D eigenvalue weighted by molar-refractivity contribution is -0.939. The van der Waals surface area contributed by atoms with Crippen LogP contribution in [0.15, 0.2) is 41.8 Å². The monoisotopic (exact) mass is 360 g/mol. The van der Waals surface area contributed by atoms with Crippen LogP contribution in [0.1, 0.15) is 23.4 Å². The lowest BCUT2D eigenvalue weighted by Gasteiger charge is -2.34. The van der Waals surface area contributed by atoms with Gasteiger partial charge in [0.25, 0.3) is 0 Å². The third kappa shape index (κ3) is 4.81. The molecule has 5 nitrogen and oxygen atoms in total. The van der Waals surface area contributed by atoms with Gasteiger partial charge in [0.15, 0.2) is 0 Å². The number of aryl methyl sites for hydroxylation is 1. The van der Waals surface area contributed by atoms with E-state index in [1.165, 1.54) is 9.78 Å². The van der Waals surface area contributed by atoms with Crippen molar-refractivity contribution < 1.29 is 14.4 Å². The van der Waals surface area contributed by atoms with Crippen molar-refractivity contribution in [3.05, 3.63) is 52.2 Å². The Morgan fingerprint density at radius 1 is 1.24 bits per heavy atom. The third-order valence-corrected chi connectivity index (χ3v) is 5.51. The van der Waals surface area contributed by atoms with E-state index in [-0.39, 0.29) is 18.1 Å². The molecule has 1 aromatic heterocycles. The summed E-state index contributed by atoms with van der Waals surface area (Å²) in [6.45, 7) is 7.59. The van der Waals surface area contributed by atoms with Gasteiger partial charge in [-0.25, -0.2) is 4.79 Å². The topological polar surface area (TPSA) is 54.8 Å². The molecule has 0 radical (unpaired) electrons. The third-order valence-electron chi connectivity index (χ3n) is 4.56. The maximum atomic E-state index is 12.4. The Hall–Kier alpha value is -1.89. The Balaban J connectivity index is 1.67. The Kier molecular flexibility index (Phi) is 6.07. The number of rotatable bonds is 5. The van der Waals surface area contributed by atoms with Crippen LogP contribution in [0.3, 0.4) is 0 Å². The number of nitrogens with one attached hydrogen (secondary N) is 3. The van der Waals surface area contributed by atoms with Crippen molar-refractivity contribution in [3.63, 3.8) is 0 Å². The Morgan fingerprint density at radius 3 is 2.72 bits per heavy atom. The van der Waals surface area contributed by atoms with E-state index in [0.717, 1.165) is 37.6 Å². The second kappa shape index (κ2) is 8.47. The average Bonchev–Trinajstić information content (AvgIpc) is 3.10. The maximum absolute atomic E-state index is 12.4. The number of urea groups is 1. The number of hydrogen-bond donors (Lipinski definition) is 3. The highest BCUT2D eigenvalue weighted by Gasteiger charge is 2.33. The second-order valence-corrected chi connectivity index (χ2v) is 7.50. The predicted octanol–water partition coefficient (Wildman–Crippen LogP) is 2.22. The van der Waals surface area contributed by atoms with E-state index < -0.39 is 0 Å². The first-order chi connectivity index (χ1) is 12.1. The van der Waals surface area contributed by atoms with Crippen LogP contribution in [-0.4, -0.2) is 38.4 Å². The summed E-state index contributed by atoms with van der Waals surface area (Å²) in [5.41, 5.74) is 1.94. The summed E-state index contributed by atoms with van der Waals surface area (Å²) in [5.74, 6) is 0. The molecule has 6 heteroatoms. The van der Waals surface area contributed by atoms with Crippen molar-refractivity contribution in [2.75, 3.05) is 31.6 Å². The number of ether oxygens (including phenoxy) is 1. The van der Waals surface area contributed by atoms with Crippen LogP contribution in [0.25, 0.3) is 0 Å². The van der Waals surface area contributed by atoms with Crippen LogP contribution < -0.4 is 15.5 Å². The molecule has 3 rings (SSSR count). The number of thiophene rings is 1. The highest BCUT2D eigenvalue weighted by atomic mass is 32.1. The van der Waals surface area contributed by atoms with Crippen molar-refractivity contribution in [1.82, 2.24) is 5.32 Å². The minimum absolute atomic E-state index is 0.0246. The fraction of sp³-hybridized carbons (Fsp3) is 0.421. The van der Waals surface area contributed by atoms with E-state index in [1.54, 1.807) is 11.3 Å². The second-order valence-electron chi connectivity index (χ2n) is 6.52. The molecule has 2 aromatic rings. The summed E-state index contributed by atoms with van der Waals surface area (Å²) in [7, 11) is 0. The van der Waals surface area contributed by atoms with Gasteiger partial charge in [0.2, 0.25) is 0 Å². The van der Waals surface area contributed by atoms with E-state index in [9.17, 15) is 4.79 Å². The number of morpholine rings is 1. The van der Waals surface area contributed by atoms with E-state index in [0.29, 0.717) is 0 Å². The molecule has 25 heavy (non-hydrogen) atoms. The molecule has 0 saturated carbocycles. The fourth-order valence-electron chi connectivity index (χ4n) is 3.39. The molecule has 2 heterocycles. The van der Waals surface area contributed by atoms with Crippen molar-refractivity contribution >= 4 is 23.1 Å². The van der Waals surface area contributed by atoms with Gasteiger partial charge in [0.1, 0.15) is 19.1 Å². The largest absolute Gasteiger partial charge is 0.370 e. The Bertz CT molecular complexity index is 684.